The van der Waals surface area contributed by atoms with Crippen molar-refractivity contribution in [3.63, 3.8) is 0 Å². The van der Waals surface area contributed by atoms with Crippen molar-refractivity contribution in [1.82, 2.24) is 4.90 Å². The summed E-state index contributed by atoms with van der Waals surface area (Å²) in [5.41, 5.74) is 2.46. The van der Waals surface area contributed by atoms with Gasteiger partial charge in [0.25, 0.3) is 5.91 Å². The van der Waals surface area contributed by atoms with Gasteiger partial charge in [-0.15, -0.1) is 0 Å². The summed E-state index contributed by atoms with van der Waals surface area (Å²) in [5, 5.41) is 0.294. The van der Waals surface area contributed by atoms with Gasteiger partial charge in [0.05, 0.1) is 5.56 Å². The molecule has 2 aromatic rings. The summed E-state index contributed by atoms with van der Waals surface area (Å²) in [7, 11) is 0. The second kappa shape index (κ2) is 5.25. The van der Waals surface area contributed by atoms with Crippen LogP contribution in [0.1, 0.15) is 21.5 Å². The first kappa shape index (κ1) is 13.1. The predicted molar refractivity (Wildman–Crippen MR) is 76.3 cm³/mol. The second-order valence-electron chi connectivity index (χ2n) is 4.87. The van der Waals surface area contributed by atoms with E-state index in [1.54, 1.807) is 4.90 Å². The summed E-state index contributed by atoms with van der Waals surface area (Å²) < 4.78 is 13.8. The Morgan fingerprint density at radius 3 is 2.65 bits per heavy atom. The molecular formula is C16H13ClFNO. The molecule has 20 heavy (non-hydrogen) atoms. The molecule has 0 saturated heterocycles. The SMILES string of the molecule is O=C(c1ccc(Cl)cc1F)N1CCc2ccccc2C1. The van der Waals surface area contributed by atoms with Gasteiger partial charge in [-0.1, -0.05) is 35.9 Å². The molecule has 2 aromatic carbocycles. The topological polar surface area (TPSA) is 20.3 Å². The van der Waals surface area contributed by atoms with Gasteiger partial charge in [-0.2, -0.15) is 0 Å². The van der Waals surface area contributed by atoms with Gasteiger partial charge in [-0.3, -0.25) is 4.79 Å². The Morgan fingerprint density at radius 2 is 1.90 bits per heavy atom. The van der Waals surface area contributed by atoms with Crippen molar-refractivity contribution in [3.8, 4) is 0 Å². The van der Waals surface area contributed by atoms with E-state index < -0.39 is 5.82 Å². The Bertz CT molecular complexity index is 671. The van der Waals surface area contributed by atoms with Gasteiger partial charge in [-0.25, -0.2) is 4.39 Å². The number of rotatable bonds is 1. The van der Waals surface area contributed by atoms with E-state index in [4.69, 9.17) is 11.6 Å². The summed E-state index contributed by atoms with van der Waals surface area (Å²) in [6, 6.07) is 12.2. The fourth-order valence-electron chi connectivity index (χ4n) is 2.50. The lowest BCUT2D eigenvalue weighted by Gasteiger charge is -2.29. The molecule has 0 saturated carbocycles. The zero-order valence-corrected chi connectivity index (χ0v) is 11.5. The number of nitrogens with zero attached hydrogens (tertiary/aromatic N) is 1. The maximum Gasteiger partial charge on any atom is 0.257 e. The molecular weight excluding hydrogens is 277 g/mol. The third-order valence-corrected chi connectivity index (χ3v) is 3.81. The van der Waals surface area contributed by atoms with E-state index in [1.165, 1.54) is 23.8 Å². The van der Waals surface area contributed by atoms with Crippen molar-refractivity contribution in [2.75, 3.05) is 6.54 Å². The molecule has 0 bridgehead atoms. The van der Waals surface area contributed by atoms with Crippen LogP contribution in [0.5, 0.6) is 0 Å². The van der Waals surface area contributed by atoms with Crippen LogP contribution in [-0.4, -0.2) is 17.4 Å². The van der Waals surface area contributed by atoms with Crippen LogP contribution in [0.25, 0.3) is 0 Å². The van der Waals surface area contributed by atoms with Crippen molar-refractivity contribution >= 4 is 17.5 Å². The van der Waals surface area contributed by atoms with E-state index in [2.05, 4.69) is 6.07 Å². The normalized spacial score (nSPS) is 14.0. The van der Waals surface area contributed by atoms with Crippen LogP contribution in [-0.2, 0) is 13.0 Å². The average molecular weight is 290 g/mol. The molecule has 4 heteroatoms. The highest BCUT2D eigenvalue weighted by Gasteiger charge is 2.23. The fourth-order valence-corrected chi connectivity index (χ4v) is 2.66. The Hall–Kier alpha value is -1.87. The van der Waals surface area contributed by atoms with Gasteiger partial charge in [0.2, 0.25) is 0 Å². The fraction of sp³-hybridized carbons (Fsp3) is 0.188. The highest BCUT2D eigenvalue weighted by Crippen LogP contribution is 2.22. The summed E-state index contributed by atoms with van der Waals surface area (Å²) in [6.45, 7) is 1.13. The standard InChI is InChI=1S/C16H13ClFNO/c17-13-5-6-14(15(18)9-13)16(20)19-8-7-11-3-1-2-4-12(11)10-19/h1-6,9H,7-8,10H2. The summed E-state index contributed by atoms with van der Waals surface area (Å²) in [4.78, 5) is 14.1. The molecule has 0 atom stereocenters. The molecule has 0 fully saturated rings. The maximum atomic E-state index is 13.8. The maximum absolute atomic E-state index is 13.8. The van der Waals surface area contributed by atoms with E-state index in [-0.39, 0.29) is 11.5 Å². The minimum Gasteiger partial charge on any atom is -0.334 e. The minimum atomic E-state index is -0.568. The van der Waals surface area contributed by atoms with Gasteiger partial charge in [0.1, 0.15) is 5.82 Å². The highest BCUT2D eigenvalue weighted by atomic mass is 35.5. The van der Waals surface area contributed by atoms with Crippen molar-refractivity contribution in [1.29, 1.82) is 0 Å². The Balaban J connectivity index is 1.86. The van der Waals surface area contributed by atoms with Crippen LogP contribution in [0.3, 0.4) is 0 Å². The van der Waals surface area contributed by atoms with Crippen molar-refractivity contribution in [2.45, 2.75) is 13.0 Å². The number of benzene rings is 2. The predicted octanol–water partition coefficient (Wildman–Crippen LogP) is 3.68. The third-order valence-electron chi connectivity index (χ3n) is 3.58. The van der Waals surface area contributed by atoms with Crippen LogP contribution < -0.4 is 0 Å². The first-order valence-electron chi connectivity index (χ1n) is 6.46. The van der Waals surface area contributed by atoms with Gasteiger partial charge in [-0.05, 0) is 35.7 Å². The number of fused-ring (bicyclic) bond motifs is 1. The van der Waals surface area contributed by atoms with Crippen molar-refractivity contribution in [3.05, 3.63) is 70.0 Å². The Labute approximate surface area is 121 Å². The lowest BCUT2D eigenvalue weighted by molar-refractivity contribution is 0.0730. The molecule has 0 N–H and O–H groups in total. The van der Waals surface area contributed by atoms with Crippen LogP contribution >= 0.6 is 11.6 Å². The second-order valence-corrected chi connectivity index (χ2v) is 5.31. The van der Waals surface area contributed by atoms with Gasteiger partial charge in [0, 0.05) is 18.1 Å². The van der Waals surface area contributed by atoms with Crippen LogP contribution in [0, 0.1) is 5.82 Å². The quantitative estimate of drug-likeness (QED) is 0.784. The van der Waals surface area contributed by atoms with E-state index in [0.717, 1.165) is 12.0 Å². The molecule has 1 aliphatic rings. The molecule has 0 radical (unpaired) electrons. The number of carbonyl (C=O) groups is 1. The summed E-state index contributed by atoms with van der Waals surface area (Å²) in [5.74, 6) is -0.852. The molecule has 0 unspecified atom stereocenters. The largest absolute Gasteiger partial charge is 0.334 e. The van der Waals surface area contributed by atoms with E-state index in [9.17, 15) is 9.18 Å². The number of carbonyl (C=O) groups excluding carboxylic acids is 1. The first-order chi connectivity index (χ1) is 9.65. The Kier molecular flexibility index (Phi) is 3.45. The monoisotopic (exact) mass is 289 g/mol. The molecule has 0 spiro atoms. The van der Waals surface area contributed by atoms with Crippen LogP contribution in [0.15, 0.2) is 42.5 Å². The van der Waals surface area contributed by atoms with Crippen LogP contribution in [0.4, 0.5) is 4.39 Å². The molecule has 0 aromatic heterocycles. The molecule has 2 nitrogen and oxygen atoms in total. The molecule has 1 aliphatic heterocycles. The zero-order valence-electron chi connectivity index (χ0n) is 10.8. The third kappa shape index (κ3) is 2.41. The molecule has 1 heterocycles. The molecule has 3 rings (SSSR count). The molecule has 1 amide bonds. The number of halogens is 2. The van der Waals surface area contributed by atoms with Gasteiger partial charge >= 0.3 is 0 Å². The summed E-state index contributed by atoms with van der Waals surface area (Å²) in [6.07, 6.45) is 0.803. The lowest BCUT2D eigenvalue weighted by Crippen LogP contribution is -2.36. The number of amides is 1. The van der Waals surface area contributed by atoms with Gasteiger partial charge < -0.3 is 4.90 Å². The first-order valence-corrected chi connectivity index (χ1v) is 6.84. The minimum absolute atomic E-state index is 0.0776. The number of hydrogen-bond donors (Lipinski definition) is 0. The lowest BCUT2D eigenvalue weighted by atomic mass is 9.99. The molecule has 0 aliphatic carbocycles. The summed E-state index contributed by atoms with van der Waals surface area (Å²) >= 11 is 5.71. The zero-order chi connectivity index (χ0) is 14.1. The average Bonchev–Trinajstić information content (AvgIpc) is 2.46. The van der Waals surface area contributed by atoms with E-state index in [0.29, 0.717) is 18.1 Å². The van der Waals surface area contributed by atoms with E-state index in [1.807, 2.05) is 18.2 Å². The molecule has 102 valence electrons. The van der Waals surface area contributed by atoms with Crippen molar-refractivity contribution in [2.24, 2.45) is 0 Å². The smallest absolute Gasteiger partial charge is 0.257 e. The van der Waals surface area contributed by atoms with Gasteiger partial charge in [0.15, 0.2) is 0 Å². The Morgan fingerprint density at radius 1 is 1.15 bits per heavy atom. The van der Waals surface area contributed by atoms with Crippen molar-refractivity contribution < 1.29 is 9.18 Å². The van der Waals surface area contributed by atoms with E-state index >= 15 is 0 Å². The van der Waals surface area contributed by atoms with Crippen LogP contribution in [0.2, 0.25) is 5.02 Å². The highest BCUT2D eigenvalue weighted by molar-refractivity contribution is 6.30. The number of hydrogen-bond acceptors (Lipinski definition) is 1.